The number of hydrogen-bond acceptors (Lipinski definition) is 3. The van der Waals surface area contributed by atoms with E-state index in [0.717, 1.165) is 24.4 Å². The predicted octanol–water partition coefficient (Wildman–Crippen LogP) is 1.91. The van der Waals surface area contributed by atoms with Gasteiger partial charge in [0.15, 0.2) is 5.96 Å². The van der Waals surface area contributed by atoms with Crippen molar-refractivity contribution in [3.05, 3.63) is 22.4 Å². The van der Waals surface area contributed by atoms with E-state index in [1.54, 1.807) is 0 Å². The molecular formula is C15H24N4OS. The molecule has 116 valence electrons. The largest absolute Gasteiger partial charge is 0.370 e. The van der Waals surface area contributed by atoms with E-state index in [2.05, 4.69) is 22.1 Å². The number of aliphatic imine (C=N–C) groups is 1. The lowest BCUT2D eigenvalue weighted by Gasteiger charge is -2.31. The number of carbonyl (C=O) groups excluding carboxylic acids is 1. The van der Waals surface area contributed by atoms with Crippen LogP contribution in [0, 0.1) is 5.92 Å². The Hall–Kier alpha value is -1.56. The Morgan fingerprint density at radius 3 is 3.19 bits per heavy atom. The highest BCUT2D eigenvalue weighted by Gasteiger charge is 2.17. The molecule has 5 nitrogen and oxygen atoms in total. The molecule has 21 heavy (non-hydrogen) atoms. The van der Waals surface area contributed by atoms with Crippen LogP contribution in [0.5, 0.6) is 0 Å². The van der Waals surface area contributed by atoms with Gasteiger partial charge in [-0.1, -0.05) is 13.0 Å². The third-order valence-electron chi connectivity index (χ3n) is 3.62. The second-order valence-electron chi connectivity index (χ2n) is 5.52. The Kier molecular flexibility index (Phi) is 6.04. The molecule has 1 aromatic heterocycles. The Morgan fingerprint density at radius 2 is 2.48 bits per heavy atom. The van der Waals surface area contributed by atoms with Crippen LogP contribution in [0.3, 0.4) is 0 Å². The van der Waals surface area contributed by atoms with Gasteiger partial charge in [0.1, 0.15) is 0 Å². The van der Waals surface area contributed by atoms with Gasteiger partial charge in [-0.05, 0) is 36.6 Å². The van der Waals surface area contributed by atoms with Crippen molar-refractivity contribution in [2.24, 2.45) is 16.6 Å². The first-order valence-electron chi connectivity index (χ1n) is 7.53. The maximum atomic E-state index is 11.7. The van der Waals surface area contributed by atoms with Crippen LogP contribution in [0.25, 0.3) is 0 Å². The summed E-state index contributed by atoms with van der Waals surface area (Å²) in [6.07, 6.45) is 3.27. The molecule has 0 radical (unpaired) electrons. The molecular weight excluding hydrogens is 284 g/mol. The molecule has 1 saturated heterocycles. The second-order valence-corrected chi connectivity index (χ2v) is 6.47. The molecule has 1 amide bonds. The fourth-order valence-corrected chi connectivity index (χ4v) is 3.11. The summed E-state index contributed by atoms with van der Waals surface area (Å²) in [5.41, 5.74) is 6.02. The van der Waals surface area contributed by atoms with E-state index in [9.17, 15) is 4.79 Å². The number of hydrogen-bond donors (Lipinski definition) is 2. The summed E-state index contributed by atoms with van der Waals surface area (Å²) in [6.45, 7) is 5.55. The first-order chi connectivity index (χ1) is 10.2. The summed E-state index contributed by atoms with van der Waals surface area (Å²) in [5.74, 6) is 1.33. The molecule has 0 bridgehead atoms. The second kappa shape index (κ2) is 8.02. The first-order valence-corrected chi connectivity index (χ1v) is 8.41. The van der Waals surface area contributed by atoms with Crippen LogP contribution in [0.4, 0.5) is 0 Å². The van der Waals surface area contributed by atoms with Gasteiger partial charge in [-0.25, -0.2) is 0 Å². The smallest absolute Gasteiger partial charge is 0.261 e. The number of rotatable bonds is 5. The number of carbonyl (C=O) groups is 1. The maximum absolute atomic E-state index is 11.7. The Bertz CT molecular complexity index is 472. The van der Waals surface area contributed by atoms with Gasteiger partial charge in [-0.2, -0.15) is 0 Å². The molecule has 1 unspecified atom stereocenters. The quantitative estimate of drug-likeness (QED) is 0.496. The van der Waals surface area contributed by atoms with E-state index in [4.69, 9.17) is 5.73 Å². The maximum Gasteiger partial charge on any atom is 0.261 e. The van der Waals surface area contributed by atoms with Crippen LogP contribution >= 0.6 is 11.3 Å². The highest BCUT2D eigenvalue weighted by Crippen LogP contribution is 2.14. The van der Waals surface area contributed by atoms with Crippen LogP contribution < -0.4 is 11.1 Å². The Morgan fingerprint density at radius 1 is 1.62 bits per heavy atom. The van der Waals surface area contributed by atoms with E-state index in [-0.39, 0.29) is 5.91 Å². The molecule has 1 fully saturated rings. The van der Waals surface area contributed by atoms with Gasteiger partial charge in [-0.15, -0.1) is 11.3 Å². The SMILES string of the molecule is CC1CCCN(C(N)=NCCCNC(=O)c2cccs2)C1. The number of amides is 1. The number of piperidine rings is 1. The fraction of sp³-hybridized carbons (Fsp3) is 0.600. The molecule has 6 heteroatoms. The van der Waals surface area contributed by atoms with Crippen molar-refractivity contribution in [2.45, 2.75) is 26.2 Å². The van der Waals surface area contributed by atoms with Crippen LogP contribution in [0.15, 0.2) is 22.5 Å². The highest BCUT2D eigenvalue weighted by molar-refractivity contribution is 7.12. The Balaban J connectivity index is 1.64. The van der Waals surface area contributed by atoms with E-state index in [0.29, 0.717) is 25.0 Å². The van der Waals surface area contributed by atoms with Crippen molar-refractivity contribution in [1.29, 1.82) is 0 Å². The molecule has 0 saturated carbocycles. The van der Waals surface area contributed by atoms with Gasteiger partial charge < -0.3 is 16.0 Å². The molecule has 1 aliphatic heterocycles. The van der Waals surface area contributed by atoms with Gasteiger partial charge in [-0.3, -0.25) is 9.79 Å². The zero-order chi connectivity index (χ0) is 15.1. The molecule has 0 aromatic carbocycles. The number of nitrogens with zero attached hydrogens (tertiary/aromatic N) is 2. The van der Waals surface area contributed by atoms with Crippen molar-refractivity contribution in [2.75, 3.05) is 26.2 Å². The van der Waals surface area contributed by atoms with Crippen LogP contribution in [0.1, 0.15) is 35.9 Å². The van der Waals surface area contributed by atoms with E-state index >= 15 is 0 Å². The lowest BCUT2D eigenvalue weighted by atomic mass is 10.0. The summed E-state index contributed by atoms with van der Waals surface area (Å²) in [7, 11) is 0. The predicted molar refractivity (Wildman–Crippen MR) is 87.7 cm³/mol. The zero-order valence-corrected chi connectivity index (χ0v) is 13.4. The minimum Gasteiger partial charge on any atom is -0.370 e. The van der Waals surface area contributed by atoms with Crippen molar-refractivity contribution < 1.29 is 4.79 Å². The van der Waals surface area contributed by atoms with Crippen molar-refractivity contribution >= 4 is 23.2 Å². The third-order valence-corrected chi connectivity index (χ3v) is 4.49. The molecule has 0 spiro atoms. The average molecular weight is 308 g/mol. The van der Waals surface area contributed by atoms with Gasteiger partial charge in [0, 0.05) is 26.2 Å². The summed E-state index contributed by atoms with van der Waals surface area (Å²) < 4.78 is 0. The van der Waals surface area contributed by atoms with Crippen LogP contribution in [-0.4, -0.2) is 42.9 Å². The van der Waals surface area contributed by atoms with Gasteiger partial charge in [0.2, 0.25) is 0 Å². The third kappa shape index (κ3) is 5.04. The van der Waals surface area contributed by atoms with E-state index in [1.807, 2.05) is 17.5 Å². The average Bonchev–Trinajstić information content (AvgIpc) is 3.00. The van der Waals surface area contributed by atoms with Crippen molar-refractivity contribution in [3.63, 3.8) is 0 Å². The molecule has 2 heterocycles. The van der Waals surface area contributed by atoms with Crippen LogP contribution in [-0.2, 0) is 0 Å². The summed E-state index contributed by atoms with van der Waals surface area (Å²) in [6, 6.07) is 3.71. The Labute approximate surface area is 130 Å². The topological polar surface area (TPSA) is 70.7 Å². The van der Waals surface area contributed by atoms with Crippen molar-refractivity contribution in [1.82, 2.24) is 10.2 Å². The summed E-state index contributed by atoms with van der Waals surface area (Å²) in [4.78, 5) is 19.0. The van der Waals surface area contributed by atoms with E-state index < -0.39 is 0 Å². The molecule has 3 N–H and O–H groups in total. The standard InChI is InChI=1S/C15H24N4OS/c1-12-5-2-9-19(11-12)15(16)18-8-4-7-17-14(20)13-6-3-10-21-13/h3,6,10,12H,2,4-5,7-9,11H2,1H3,(H2,16,18)(H,17,20). The number of nitrogens with two attached hydrogens (primary N) is 1. The molecule has 1 atom stereocenters. The highest BCUT2D eigenvalue weighted by atomic mass is 32.1. The molecule has 1 aromatic rings. The summed E-state index contributed by atoms with van der Waals surface area (Å²) >= 11 is 1.45. The number of guanidine groups is 1. The van der Waals surface area contributed by atoms with Gasteiger partial charge in [0.25, 0.3) is 5.91 Å². The van der Waals surface area contributed by atoms with Crippen LogP contribution in [0.2, 0.25) is 0 Å². The minimum atomic E-state index is -0.00759. The van der Waals surface area contributed by atoms with Gasteiger partial charge in [0.05, 0.1) is 4.88 Å². The molecule has 2 rings (SSSR count). The number of nitrogens with one attached hydrogen (secondary N) is 1. The summed E-state index contributed by atoms with van der Waals surface area (Å²) in [5, 5.41) is 4.80. The fourth-order valence-electron chi connectivity index (χ4n) is 2.47. The zero-order valence-electron chi connectivity index (χ0n) is 12.5. The normalized spacial score (nSPS) is 19.6. The minimum absolute atomic E-state index is 0.00759. The molecule has 1 aliphatic rings. The monoisotopic (exact) mass is 308 g/mol. The number of likely N-dealkylation sites (tertiary alicyclic amines) is 1. The lowest BCUT2D eigenvalue weighted by molar-refractivity contribution is 0.0957. The first kappa shape index (κ1) is 15.8. The van der Waals surface area contributed by atoms with E-state index in [1.165, 1.54) is 24.2 Å². The van der Waals surface area contributed by atoms with Gasteiger partial charge >= 0.3 is 0 Å². The molecule has 0 aliphatic carbocycles. The number of thiophene rings is 1. The van der Waals surface area contributed by atoms with Crippen molar-refractivity contribution in [3.8, 4) is 0 Å². The lowest BCUT2D eigenvalue weighted by Crippen LogP contribution is -2.43.